The van der Waals surface area contributed by atoms with Crippen LogP contribution in [0.2, 0.25) is 0 Å². The molecule has 11 nitrogen and oxygen atoms in total. The number of aromatic nitrogens is 2. The molecule has 218 valence electrons. The Kier molecular flexibility index (Phi) is 7.52. The van der Waals surface area contributed by atoms with Crippen molar-refractivity contribution >= 4 is 55.6 Å². The van der Waals surface area contributed by atoms with Crippen LogP contribution in [0.15, 0.2) is 89.4 Å². The number of anilines is 2. The molecule has 0 atom stereocenters. The summed E-state index contributed by atoms with van der Waals surface area (Å²) in [7, 11) is -3.67. The number of primary amides is 1. The van der Waals surface area contributed by atoms with Crippen molar-refractivity contribution in [1.29, 1.82) is 0 Å². The Morgan fingerprint density at radius 1 is 0.884 bits per heavy atom. The molecular weight excluding hydrogens is 589 g/mol. The number of nitrogen functional groups attached to an aromatic ring is 1. The van der Waals surface area contributed by atoms with E-state index in [1.54, 1.807) is 18.2 Å². The summed E-state index contributed by atoms with van der Waals surface area (Å²) >= 11 is 1.42. The zero-order valence-corrected chi connectivity index (χ0v) is 24.3. The van der Waals surface area contributed by atoms with Crippen LogP contribution in [0.3, 0.4) is 0 Å². The van der Waals surface area contributed by atoms with Crippen molar-refractivity contribution in [1.82, 2.24) is 14.3 Å². The predicted octanol–water partition coefficient (Wildman–Crippen LogP) is 3.77. The Bertz CT molecular complexity index is 1940. The van der Waals surface area contributed by atoms with Gasteiger partial charge in [-0.15, -0.1) is 11.3 Å². The predicted molar refractivity (Wildman–Crippen MR) is 165 cm³/mol. The molecule has 1 aliphatic rings. The molecule has 4 N–H and O–H groups in total. The van der Waals surface area contributed by atoms with Gasteiger partial charge in [0.2, 0.25) is 16.0 Å². The van der Waals surface area contributed by atoms with E-state index in [4.69, 9.17) is 16.2 Å². The molecule has 43 heavy (non-hydrogen) atoms. The maximum absolute atomic E-state index is 13.3. The minimum atomic E-state index is -3.67. The summed E-state index contributed by atoms with van der Waals surface area (Å²) in [5.74, 6) is -0.980. The van der Waals surface area contributed by atoms with Gasteiger partial charge in [-0.1, -0.05) is 36.4 Å². The highest BCUT2D eigenvalue weighted by Gasteiger charge is 2.29. The average molecular weight is 615 g/mol. The summed E-state index contributed by atoms with van der Waals surface area (Å²) in [5.41, 5.74) is 12.3. The lowest BCUT2D eigenvalue weighted by molar-refractivity contribution is 0.0733. The van der Waals surface area contributed by atoms with E-state index in [1.165, 1.54) is 34.1 Å². The van der Waals surface area contributed by atoms with Crippen LogP contribution in [0.25, 0.3) is 21.2 Å². The molecule has 0 spiro atoms. The molecule has 2 aromatic heterocycles. The highest BCUT2D eigenvalue weighted by molar-refractivity contribution is 7.89. The molecule has 6 rings (SSSR count). The molecule has 13 heteroatoms. The van der Waals surface area contributed by atoms with Gasteiger partial charge in [-0.2, -0.15) is 4.31 Å². The van der Waals surface area contributed by atoms with Gasteiger partial charge in [0.25, 0.3) is 5.91 Å². The van der Waals surface area contributed by atoms with Crippen molar-refractivity contribution in [3.05, 3.63) is 95.6 Å². The van der Waals surface area contributed by atoms with Crippen molar-refractivity contribution in [2.75, 3.05) is 36.8 Å². The lowest BCUT2D eigenvalue weighted by atomic mass is 10.1. The van der Waals surface area contributed by atoms with E-state index in [1.807, 2.05) is 52.7 Å². The monoisotopic (exact) mass is 614 g/mol. The molecule has 0 unspecified atom stereocenters. The van der Waals surface area contributed by atoms with Gasteiger partial charge < -0.3 is 21.1 Å². The smallest absolute Gasteiger partial charge is 0.346 e. The molecule has 0 aliphatic carbocycles. The highest BCUT2D eigenvalue weighted by Crippen LogP contribution is 2.37. The zero-order chi connectivity index (χ0) is 30.1. The van der Waals surface area contributed by atoms with Crippen molar-refractivity contribution in [2.45, 2.75) is 4.90 Å². The lowest BCUT2D eigenvalue weighted by Crippen LogP contribution is -2.49. The van der Waals surface area contributed by atoms with Gasteiger partial charge in [0.1, 0.15) is 5.75 Å². The van der Waals surface area contributed by atoms with Gasteiger partial charge in [-0.25, -0.2) is 23.2 Å². The van der Waals surface area contributed by atoms with Gasteiger partial charge in [0, 0.05) is 54.7 Å². The maximum atomic E-state index is 13.3. The first-order chi connectivity index (χ1) is 20.7. The van der Waals surface area contributed by atoms with Gasteiger partial charge in [-0.3, -0.25) is 4.79 Å². The summed E-state index contributed by atoms with van der Waals surface area (Å²) < 4.78 is 33.7. The number of thiophene rings is 1. The standard InChI is InChI=1S/C30H26N6O5S2/c31-25-15-24(27-6-3-13-42-27)26(16-23(25)28(32)37)41-29(38)21-17-33-30(34-18-21)35-9-11-36(12-10-35)43(39,40)22-8-7-19-4-1-2-5-20(19)14-22/h1-8,13-18H,9-12,31H2,(H2,32,37). The van der Waals surface area contributed by atoms with Crippen LogP contribution >= 0.6 is 11.3 Å². The normalized spacial score (nSPS) is 14.1. The molecular formula is C30H26N6O5S2. The Morgan fingerprint density at radius 3 is 2.28 bits per heavy atom. The molecule has 1 aliphatic heterocycles. The Labute approximate surface area is 251 Å². The van der Waals surface area contributed by atoms with Gasteiger partial charge in [0.05, 0.1) is 16.0 Å². The first-order valence-corrected chi connectivity index (χ1v) is 15.6. The van der Waals surface area contributed by atoms with Crippen molar-refractivity contribution in [3.8, 4) is 16.2 Å². The number of hydrogen-bond donors (Lipinski definition) is 2. The minimum absolute atomic E-state index is 0.0384. The van der Waals surface area contributed by atoms with Crippen molar-refractivity contribution < 1.29 is 22.7 Å². The van der Waals surface area contributed by atoms with Crippen LogP contribution in [0.4, 0.5) is 11.6 Å². The molecule has 1 saturated heterocycles. The second kappa shape index (κ2) is 11.4. The Hall–Kier alpha value is -4.85. The fourth-order valence-corrected chi connectivity index (χ4v) is 7.08. The number of carbonyl (C=O) groups is 2. The third-order valence-corrected chi connectivity index (χ3v) is 9.96. The number of sulfonamides is 1. The van der Waals surface area contributed by atoms with E-state index in [0.717, 1.165) is 15.6 Å². The molecule has 3 heterocycles. The number of rotatable bonds is 7. The number of nitrogens with zero attached hydrogens (tertiary/aromatic N) is 4. The second-order valence-electron chi connectivity index (χ2n) is 9.84. The van der Waals surface area contributed by atoms with Gasteiger partial charge in [0.15, 0.2) is 0 Å². The fraction of sp³-hybridized carbons (Fsp3) is 0.133. The van der Waals surface area contributed by atoms with Crippen molar-refractivity contribution in [2.24, 2.45) is 5.73 Å². The van der Waals surface area contributed by atoms with Crippen LogP contribution in [0.5, 0.6) is 5.75 Å². The molecule has 3 aromatic carbocycles. The number of esters is 1. The number of carbonyl (C=O) groups excluding carboxylic acids is 2. The number of hydrogen-bond acceptors (Lipinski definition) is 10. The minimum Gasteiger partial charge on any atom is -0.422 e. The Morgan fingerprint density at radius 2 is 1.60 bits per heavy atom. The van der Waals surface area contributed by atoms with E-state index in [0.29, 0.717) is 24.6 Å². The Balaban J connectivity index is 1.14. The topological polar surface area (TPSA) is 162 Å². The van der Waals surface area contributed by atoms with E-state index in [-0.39, 0.29) is 40.5 Å². The third-order valence-electron chi connectivity index (χ3n) is 7.16. The SMILES string of the molecule is NC(=O)c1cc(OC(=O)c2cnc(N3CCN(S(=O)(=O)c4ccc5ccccc5c4)CC3)nc2)c(-c2cccs2)cc1N. The first-order valence-electron chi connectivity index (χ1n) is 13.3. The van der Waals surface area contributed by atoms with E-state index in [9.17, 15) is 18.0 Å². The molecule has 1 fully saturated rings. The van der Waals surface area contributed by atoms with E-state index >= 15 is 0 Å². The number of amides is 1. The van der Waals surface area contributed by atoms with Crippen LogP contribution in [0, 0.1) is 0 Å². The second-order valence-corrected chi connectivity index (χ2v) is 12.7. The van der Waals surface area contributed by atoms with Gasteiger partial charge in [-0.05, 0) is 46.5 Å². The van der Waals surface area contributed by atoms with Crippen LogP contribution in [-0.2, 0) is 10.0 Å². The van der Waals surface area contributed by atoms with E-state index in [2.05, 4.69) is 9.97 Å². The van der Waals surface area contributed by atoms with Crippen LogP contribution < -0.4 is 21.1 Å². The number of nitrogens with two attached hydrogens (primary N) is 2. The largest absolute Gasteiger partial charge is 0.422 e. The average Bonchev–Trinajstić information content (AvgIpc) is 3.56. The van der Waals surface area contributed by atoms with Crippen molar-refractivity contribution in [3.63, 3.8) is 0 Å². The molecule has 5 aromatic rings. The maximum Gasteiger partial charge on any atom is 0.346 e. The summed E-state index contributed by atoms with van der Waals surface area (Å²) in [5, 5.41) is 3.70. The number of fused-ring (bicyclic) bond motifs is 1. The molecule has 0 bridgehead atoms. The van der Waals surface area contributed by atoms with Crippen LogP contribution in [-0.4, -0.2) is 60.7 Å². The summed E-state index contributed by atoms with van der Waals surface area (Å²) in [6.45, 7) is 1.27. The number of piperazine rings is 1. The van der Waals surface area contributed by atoms with E-state index < -0.39 is 21.9 Å². The lowest BCUT2D eigenvalue weighted by Gasteiger charge is -2.34. The molecule has 0 saturated carbocycles. The highest BCUT2D eigenvalue weighted by atomic mass is 32.2. The number of benzene rings is 3. The summed E-state index contributed by atoms with van der Waals surface area (Å²) in [6, 6.07) is 19.3. The molecule has 0 radical (unpaired) electrons. The molecule has 1 amide bonds. The zero-order valence-electron chi connectivity index (χ0n) is 22.7. The number of ether oxygens (including phenoxy) is 1. The van der Waals surface area contributed by atoms with Gasteiger partial charge >= 0.3 is 5.97 Å². The van der Waals surface area contributed by atoms with Crippen LogP contribution in [0.1, 0.15) is 20.7 Å². The summed E-state index contributed by atoms with van der Waals surface area (Å²) in [4.78, 5) is 36.4. The first kappa shape index (κ1) is 28.3. The quantitative estimate of drug-likeness (QED) is 0.158. The third kappa shape index (κ3) is 5.65. The fourth-order valence-electron chi connectivity index (χ4n) is 4.87. The summed E-state index contributed by atoms with van der Waals surface area (Å²) in [6.07, 6.45) is 2.69.